The molecule has 3 N–H and O–H groups in total. The maximum Gasteiger partial charge on any atom is 0.418 e. The van der Waals surface area contributed by atoms with Gasteiger partial charge in [-0.05, 0) is 104 Å². The lowest BCUT2D eigenvalue weighted by molar-refractivity contribution is -0.184. The first-order valence-electron chi connectivity index (χ1n) is 14.7. The van der Waals surface area contributed by atoms with Gasteiger partial charge in [-0.2, -0.15) is 13.2 Å². The Labute approximate surface area is 263 Å². The fraction of sp³-hybridized carbons (Fsp3) is 0.353. The number of ether oxygens (including phenoxy) is 2. The van der Waals surface area contributed by atoms with Gasteiger partial charge in [-0.1, -0.05) is 0 Å². The largest absolute Gasteiger partial charge is 0.469 e. The van der Waals surface area contributed by atoms with E-state index in [0.29, 0.717) is 40.0 Å². The van der Waals surface area contributed by atoms with Gasteiger partial charge < -0.3 is 24.5 Å². The third kappa shape index (κ3) is 6.34. The monoisotopic (exact) mass is 636 g/mol. The van der Waals surface area contributed by atoms with Crippen molar-refractivity contribution in [3.8, 4) is 0 Å². The molecule has 3 aromatic rings. The van der Waals surface area contributed by atoms with Gasteiger partial charge in [0.1, 0.15) is 0 Å². The third-order valence-corrected chi connectivity index (χ3v) is 8.55. The van der Waals surface area contributed by atoms with Crippen molar-refractivity contribution in [1.82, 2.24) is 19.9 Å². The first kappa shape index (κ1) is 32.7. The second-order valence-corrected chi connectivity index (χ2v) is 11.5. The number of rotatable bonds is 7. The Morgan fingerprint density at radius 2 is 1.41 bits per heavy atom. The van der Waals surface area contributed by atoms with Crippen molar-refractivity contribution in [2.24, 2.45) is 0 Å². The van der Waals surface area contributed by atoms with E-state index in [1.807, 2.05) is 32.0 Å². The summed E-state index contributed by atoms with van der Waals surface area (Å²) in [5.41, 5.74) is 7.81. The van der Waals surface area contributed by atoms with Gasteiger partial charge in [0.2, 0.25) is 0 Å². The zero-order valence-corrected chi connectivity index (χ0v) is 26.4. The van der Waals surface area contributed by atoms with E-state index in [4.69, 9.17) is 14.5 Å². The van der Waals surface area contributed by atoms with Gasteiger partial charge in [0.25, 0.3) is 0 Å². The van der Waals surface area contributed by atoms with E-state index in [2.05, 4.69) is 15.0 Å². The summed E-state index contributed by atoms with van der Waals surface area (Å²) in [4.78, 5) is 40.4. The molecule has 9 nitrogen and oxygen atoms in total. The van der Waals surface area contributed by atoms with Crippen molar-refractivity contribution >= 4 is 56.3 Å². The second kappa shape index (κ2) is 12.6. The highest BCUT2D eigenvalue weighted by Crippen LogP contribution is 2.40. The van der Waals surface area contributed by atoms with Crippen molar-refractivity contribution in [3.05, 3.63) is 69.8 Å². The molecule has 0 aromatic carbocycles. The Morgan fingerprint density at radius 3 is 2.07 bits per heavy atom. The summed E-state index contributed by atoms with van der Waals surface area (Å²) in [6, 6.07) is 8.71. The molecule has 0 aliphatic carbocycles. The molecule has 5 heterocycles. The van der Waals surface area contributed by atoms with Gasteiger partial charge in [0.15, 0.2) is 6.10 Å². The molecule has 12 heteroatoms. The first-order chi connectivity index (χ1) is 21.7. The van der Waals surface area contributed by atoms with Crippen molar-refractivity contribution in [3.63, 3.8) is 0 Å². The Balaban J connectivity index is 1.88. The van der Waals surface area contributed by atoms with E-state index < -0.39 is 18.2 Å². The van der Waals surface area contributed by atoms with Crippen LogP contribution in [0.5, 0.6) is 0 Å². The van der Waals surface area contributed by atoms with Crippen LogP contribution < -0.4 is 0 Å². The number of hydrogen-bond acceptors (Lipinski definition) is 7. The lowest BCUT2D eigenvalue weighted by Gasteiger charge is -2.16. The van der Waals surface area contributed by atoms with Gasteiger partial charge in [-0.25, -0.2) is 9.97 Å². The van der Waals surface area contributed by atoms with Crippen LogP contribution in [0.25, 0.3) is 44.4 Å². The van der Waals surface area contributed by atoms with Crippen LogP contribution in [0.3, 0.4) is 0 Å². The molecule has 8 bridgehead atoms. The van der Waals surface area contributed by atoms with Gasteiger partial charge in [0.05, 0.1) is 37.0 Å². The summed E-state index contributed by atoms with van der Waals surface area (Å²) in [5.74, 6) is -0.784. The number of esters is 2. The van der Waals surface area contributed by atoms with Gasteiger partial charge in [-0.15, -0.1) is 0 Å². The van der Waals surface area contributed by atoms with Crippen LogP contribution in [-0.4, -0.2) is 63.5 Å². The maximum atomic E-state index is 13.9. The highest BCUT2D eigenvalue weighted by atomic mass is 19.4. The number of nitrogens with one attached hydrogen (secondary N) is 2. The van der Waals surface area contributed by atoms with Crippen molar-refractivity contribution in [2.45, 2.75) is 65.7 Å². The molecule has 5 rings (SSSR count). The minimum absolute atomic E-state index is 0.0559. The number of aromatic nitrogens is 4. The van der Waals surface area contributed by atoms with Crippen LogP contribution in [0.4, 0.5) is 13.2 Å². The minimum Gasteiger partial charge on any atom is -0.469 e. The summed E-state index contributed by atoms with van der Waals surface area (Å²) >= 11 is 0. The van der Waals surface area contributed by atoms with Crippen LogP contribution in [-0.2, 0) is 25.5 Å². The van der Waals surface area contributed by atoms with E-state index in [9.17, 15) is 27.9 Å². The number of carbonyl (C=O) groups excluding carboxylic acids is 2. The molecule has 0 saturated heterocycles. The molecule has 2 aliphatic rings. The number of H-pyrrole nitrogens is 2. The van der Waals surface area contributed by atoms with Crippen LogP contribution >= 0.6 is 0 Å². The number of fused-ring (bicyclic) bond motifs is 8. The lowest BCUT2D eigenvalue weighted by Crippen LogP contribution is -2.29. The van der Waals surface area contributed by atoms with Crippen LogP contribution in [0.1, 0.15) is 72.6 Å². The molecule has 0 spiro atoms. The number of aliphatic hydroxyl groups is 1. The number of alkyl halides is 3. The van der Waals surface area contributed by atoms with Gasteiger partial charge in [0, 0.05) is 40.5 Å². The smallest absolute Gasteiger partial charge is 0.418 e. The van der Waals surface area contributed by atoms with Gasteiger partial charge in [-0.3, -0.25) is 9.59 Å². The van der Waals surface area contributed by atoms with E-state index in [0.717, 1.165) is 27.7 Å². The quantitative estimate of drug-likeness (QED) is 0.244. The van der Waals surface area contributed by atoms with Crippen LogP contribution in [0.2, 0.25) is 0 Å². The summed E-state index contributed by atoms with van der Waals surface area (Å²) in [6.45, 7) is 7.15. The molecule has 2 aliphatic heterocycles. The third-order valence-electron chi connectivity index (χ3n) is 8.55. The number of hydrogen-bond donors (Lipinski definition) is 3. The zero-order valence-electron chi connectivity index (χ0n) is 26.4. The van der Waals surface area contributed by atoms with E-state index >= 15 is 0 Å². The molecule has 0 fully saturated rings. The van der Waals surface area contributed by atoms with Crippen molar-refractivity contribution in [1.29, 1.82) is 0 Å². The highest BCUT2D eigenvalue weighted by Gasteiger charge is 2.43. The summed E-state index contributed by atoms with van der Waals surface area (Å²) < 4.78 is 51.4. The zero-order chi connectivity index (χ0) is 33.5. The summed E-state index contributed by atoms with van der Waals surface area (Å²) in [7, 11) is 2.63. The molecule has 0 saturated carbocycles. The Morgan fingerprint density at radius 1 is 0.783 bits per heavy atom. The fourth-order valence-electron chi connectivity index (χ4n) is 5.88. The standard InChI is InChI=1S/C34H35F3N4O5/c1-16-11-20-12-24-19(4)32(33(44)34(35,36)37)29(41-24)14-26-18(3)22(8-10-31(43)46-6)28(40-26)15-27-21(7-9-30(42)45-5)17(2)25(39-27)13-23(16)38-20/h11-15,33,38-39,44H,7-10H2,1-6H3/t33-/m0/s1. The maximum absolute atomic E-state index is 13.9. The molecule has 46 heavy (non-hydrogen) atoms. The van der Waals surface area contributed by atoms with E-state index in [1.165, 1.54) is 27.2 Å². The number of nitrogens with zero attached hydrogens (tertiary/aromatic N) is 2. The van der Waals surface area contributed by atoms with E-state index in [1.54, 1.807) is 13.0 Å². The second-order valence-electron chi connectivity index (χ2n) is 11.5. The van der Waals surface area contributed by atoms with Crippen molar-refractivity contribution in [2.75, 3.05) is 14.2 Å². The van der Waals surface area contributed by atoms with Crippen LogP contribution in [0.15, 0.2) is 30.3 Å². The Hall–Kier alpha value is -4.71. The number of carbonyl (C=O) groups is 2. The molecule has 0 amide bonds. The fourth-order valence-corrected chi connectivity index (χ4v) is 5.88. The molecule has 0 radical (unpaired) electrons. The number of aryl methyl sites for hydroxylation is 3. The van der Waals surface area contributed by atoms with Crippen molar-refractivity contribution < 1.29 is 37.3 Å². The minimum atomic E-state index is -4.92. The normalized spacial score (nSPS) is 14.1. The number of allylic oxidation sites excluding steroid dienone is 3. The number of aliphatic hydroxyl groups excluding tert-OH is 1. The summed E-state index contributed by atoms with van der Waals surface area (Å²) in [5, 5.41) is 10.4. The number of methoxy groups -OCH3 is 2. The average Bonchev–Trinajstić information content (AvgIpc) is 3.68. The molecular weight excluding hydrogens is 601 g/mol. The topological polar surface area (TPSA) is 130 Å². The molecule has 242 valence electrons. The van der Waals surface area contributed by atoms with Gasteiger partial charge >= 0.3 is 18.1 Å². The average molecular weight is 637 g/mol. The lowest BCUT2D eigenvalue weighted by atomic mass is 9.98. The Bertz CT molecular complexity index is 1970. The summed E-state index contributed by atoms with van der Waals surface area (Å²) in [6.07, 6.45) is -6.84. The molecule has 3 aromatic heterocycles. The molecule has 0 unspecified atom stereocenters. The van der Waals surface area contributed by atoms with E-state index in [-0.39, 0.29) is 47.8 Å². The first-order valence-corrected chi connectivity index (χ1v) is 14.7. The highest BCUT2D eigenvalue weighted by molar-refractivity contribution is 5.97. The van der Waals surface area contributed by atoms with Crippen LogP contribution in [0, 0.1) is 13.8 Å². The molecule has 1 atom stereocenters. The predicted molar refractivity (Wildman–Crippen MR) is 169 cm³/mol. The molecular formula is C34H35F3N4O5. The number of halogens is 3. The Kier molecular flexibility index (Phi) is 8.94. The number of aromatic amines is 2. The SMILES string of the molecule is COC(=O)CCC1=C(C)c2cc3nc(cc4cc(C)c(cc5[nH]c(cc1n2)c(CCC(=O)OC)c5C)[nH]4)C(C)=C3[C@H](O)C(F)(F)F. The predicted octanol–water partition coefficient (Wildman–Crippen LogP) is 6.78.